The molecule has 94 valence electrons. The monoisotopic (exact) mass is 300 g/mol. The molecule has 0 unspecified atom stereocenters. The van der Waals surface area contributed by atoms with Gasteiger partial charge in [-0.3, -0.25) is 0 Å². The number of nitrogens with two attached hydrogens (primary N) is 1. The molecule has 1 aliphatic rings. The largest absolute Gasteiger partial charge is 0.383 e. The minimum absolute atomic E-state index is 0.518. The molecule has 0 amide bonds. The third-order valence-electron chi connectivity index (χ3n) is 2.71. The summed E-state index contributed by atoms with van der Waals surface area (Å²) in [5.41, 5.74) is 6.89. The van der Waals surface area contributed by atoms with Crippen molar-refractivity contribution in [2.24, 2.45) is 0 Å². The normalized spacial score (nSPS) is 16.2. The summed E-state index contributed by atoms with van der Waals surface area (Å²) in [6, 6.07) is 0. The second-order valence-corrected chi connectivity index (χ2v) is 4.81. The number of anilines is 2. The minimum Gasteiger partial charge on any atom is -0.383 e. The van der Waals surface area contributed by atoms with Gasteiger partial charge in [-0.15, -0.1) is 0 Å². The maximum atomic E-state index is 5.90. The number of ether oxygens (including phenoxy) is 1. The van der Waals surface area contributed by atoms with Crippen LogP contribution in [0.15, 0.2) is 4.47 Å². The highest BCUT2D eigenvalue weighted by atomic mass is 79.9. The van der Waals surface area contributed by atoms with Crippen LogP contribution in [0.2, 0.25) is 0 Å². The molecule has 1 fully saturated rings. The van der Waals surface area contributed by atoms with Crippen molar-refractivity contribution in [3.8, 4) is 0 Å². The molecule has 0 spiro atoms. The van der Waals surface area contributed by atoms with Gasteiger partial charge in [0.25, 0.3) is 0 Å². The van der Waals surface area contributed by atoms with Crippen molar-refractivity contribution < 1.29 is 4.74 Å². The molecule has 1 saturated heterocycles. The third kappa shape index (κ3) is 2.87. The van der Waals surface area contributed by atoms with E-state index in [4.69, 9.17) is 10.5 Å². The maximum Gasteiger partial charge on any atom is 0.227 e. The average Bonchev–Trinajstić information content (AvgIpc) is 2.36. The van der Waals surface area contributed by atoms with E-state index in [1.54, 1.807) is 0 Å². The fourth-order valence-electron chi connectivity index (χ4n) is 1.81. The van der Waals surface area contributed by atoms with E-state index >= 15 is 0 Å². The van der Waals surface area contributed by atoms with Crippen molar-refractivity contribution in [3.05, 3.63) is 10.2 Å². The Morgan fingerprint density at radius 2 is 2.06 bits per heavy atom. The number of nitrogens with zero attached hydrogens (tertiary/aromatic N) is 3. The standard InChI is InChI=1S/C11H17BrN4O/c1-2-3-8-9(12)10(13)15-11(14-8)16-4-6-17-7-5-16/h2-7H2,1H3,(H2,13,14,15). The first-order chi connectivity index (χ1) is 8.22. The van der Waals surface area contributed by atoms with E-state index in [1.165, 1.54) is 0 Å². The predicted molar refractivity (Wildman–Crippen MR) is 71.2 cm³/mol. The second kappa shape index (κ2) is 5.64. The predicted octanol–water partition coefficient (Wildman–Crippen LogP) is 1.61. The van der Waals surface area contributed by atoms with E-state index in [0.717, 1.165) is 55.3 Å². The van der Waals surface area contributed by atoms with Crippen molar-refractivity contribution in [2.75, 3.05) is 36.9 Å². The summed E-state index contributed by atoms with van der Waals surface area (Å²) in [6.07, 6.45) is 1.95. The quantitative estimate of drug-likeness (QED) is 0.919. The average molecular weight is 301 g/mol. The van der Waals surface area contributed by atoms with Gasteiger partial charge < -0.3 is 15.4 Å². The number of halogens is 1. The minimum atomic E-state index is 0.518. The van der Waals surface area contributed by atoms with E-state index in [2.05, 4.69) is 37.7 Å². The second-order valence-electron chi connectivity index (χ2n) is 4.02. The van der Waals surface area contributed by atoms with Crippen LogP contribution in [0.3, 0.4) is 0 Å². The molecular weight excluding hydrogens is 284 g/mol. The van der Waals surface area contributed by atoms with Crippen LogP contribution in [0.1, 0.15) is 19.0 Å². The number of morpholine rings is 1. The Balaban J connectivity index is 2.27. The van der Waals surface area contributed by atoms with Crippen LogP contribution in [-0.4, -0.2) is 36.3 Å². The van der Waals surface area contributed by atoms with E-state index in [-0.39, 0.29) is 0 Å². The lowest BCUT2D eigenvalue weighted by atomic mass is 10.2. The van der Waals surface area contributed by atoms with E-state index in [0.29, 0.717) is 5.82 Å². The van der Waals surface area contributed by atoms with Crippen LogP contribution >= 0.6 is 15.9 Å². The van der Waals surface area contributed by atoms with Crippen LogP contribution in [0.4, 0.5) is 11.8 Å². The molecule has 0 aliphatic carbocycles. The Bertz CT molecular complexity index is 393. The molecule has 2 rings (SSSR count). The molecule has 2 N–H and O–H groups in total. The SMILES string of the molecule is CCCc1nc(N2CCOCC2)nc(N)c1Br. The first-order valence-corrected chi connectivity index (χ1v) is 6.66. The molecule has 0 atom stereocenters. The van der Waals surface area contributed by atoms with Crippen molar-refractivity contribution in [1.29, 1.82) is 0 Å². The topological polar surface area (TPSA) is 64.3 Å². The number of rotatable bonds is 3. The van der Waals surface area contributed by atoms with Gasteiger partial charge in [-0.2, -0.15) is 4.98 Å². The van der Waals surface area contributed by atoms with Crippen molar-refractivity contribution in [2.45, 2.75) is 19.8 Å². The Labute approximate surface area is 110 Å². The molecule has 0 saturated carbocycles. The van der Waals surface area contributed by atoms with Crippen LogP contribution in [0.5, 0.6) is 0 Å². The Kier molecular flexibility index (Phi) is 4.17. The molecular formula is C11H17BrN4O. The fourth-order valence-corrected chi connectivity index (χ4v) is 2.18. The van der Waals surface area contributed by atoms with E-state index in [1.807, 2.05) is 0 Å². The number of aromatic nitrogens is 2. The highest BCUT2D eigenvalue weighted by Crippen LogP contribution is 2.25. The van der Waals surface area contributed by atoms with E-state index in [9.17, 15) is 0 Å². The van der Waals surface area contributed by atoms with Crippen molar-refractivity contribution in [1.82, 2.24) is 9.97 Å². The molecule has 0 bridgehead atoms. The summed E-state index contributed by atoms with van der Waals surface area (Å²) in [7, 11) is 0. The summed E-state index contributed by atoms with van der Waals surface area (Å²) in [5, 5.41) is 0. The van der Waals surface area contributed by atoms with Gasteiger partial charge in [-0.1, -0.05) is 13.3 Å². The highest BCUT2D eigenvalue weighted by Gasteiger charge is 2.17. The van der Waals surface area contributed by atoms with Gasteiger partial charge in [0.05, 0.1) is 23.4 Å². The van der Waals surface area contributed by atoms with Gasteiger partial charge in [0.1, 0.15) is 5.82 Å². The molecule has 2 heterocycles. The Morgan fingerprint density at radius 1 is 1.35 bits per heavy atom. The van der Waals surface area contributed by atoms with Gasteiger partial charge in [0.15, 0.2) is 0 Å². The van der Waals surface area contributed by atoms with Gasteiger partial charge in [-0.05, 0) is 22.4 Å². The van der Waals surface area contributed by atoms with Crippen LogP contribution < -0.4 is 10.6 Å². The van der Waals surface area contributed by atoms with E-state index < -0.39 is 0 Å². The lowest BCUT2D eigenvalue weighted by Crippen LogP contribution is -2.37. The first-order valence-electron chi connectivity index (χ1n) is 5.87. The summed E-state index contributed by atoms with van der Waals surface area (Å²) in [5.74, 6) is 1.24. The molecule has 6 heteroatoms. The van der Waals surface area contributed by atoms with Crippen molar-refractivity contribution in [3.63, 3.8) is 0 Å². The summed E-state index contributed by atoms with van der Waals surface area (Å²) in [6.45, 7) is 5.23. The van der Waals surface area contributed by atoms with Gasteiger partial charge in [0, 0.05) is 13.1 Å². The van der Waals surface area contributed by atoms with Crippen LogP contribution in [0, 0.1) is 0 Å². The van der Waals surface area contributed by atoms with Gasteiger partial charge >= 0.3 is 0 Å². The van der Waals surface area contributed by atoms with Crippen LogP contribution in [0.25, 0.3) is 0 Å². The molecule has 5 nitrogen and oxygen atoms in total. The Morgan fingerprint density at radius 3 is 2.71 bits per heavy atom. The smallest absolute Gasteiger partial charge is 0.227 e. The van der Waals surface area contributed by atoms with Crippen molar-refractivity contribution >= 4 is 27.7 Å². The fraction of sp³-hybridized carbons (Fsp3) is 0.636. The number of hydrogen-bond acceptors (Lipinski definition) is 5. The number of hydrogen-bond donors (Lipinski definition) is 1. The van der Waals surface area contributed by atoms with Gasteiger partial charge in [0.2, 0.25) is 5.95 Å². The maximum absolute atomic E-state index is 5.90. The lowest BCUT2D eigenvalue weighted by Gasteiger charge is -2.27. The molecule has 1 aromatic heterocycles. The number of aryl methyl sites for hydroxylation is 1. The molecule has 1 aliphatic heterocycles. The molecule has 17 heavy (non-hydrogen) atoms. The third-order valence-corrected chi connectivity index (χ3v) is 3.58. The number of nitrogen functional groups attached to an aromatic ring is 1. The summed E-state index contributed by atoms with van der Waals surface area (Å²) < 4.78 is 6.15. The van der Waals surface area contributed by atoms with Gasteiger partial charge in [-0.25, -0.2) is 4.98 Å². The first kappa shape index (κ1) is 12.6. The zero-order valence-electron chi connectivity index (χ0n) is 9.95. The summed E-state index contributed by atoms with van der Waals surface area (Å²) in [4.78, 5) is 11.0. The molecule has 0 radical (unpaired) electrons. The molecule has 1 aromatic rings. The summed E-state index contributed by atoms with van der Waals surface area (Å²) >= 11 is 3.45. The molecule has 0 aromatic carbocycles. The Hall–Kier alpha value is -0.880. The van der Waals surface area contributed by atoms with Crippen LogP contribution in [-0.2, 0) is 11.2 Å². The zero-order chi connectivity index (χ0) is 12.3. The zero-order valence-corrected chi connectivity index (χ0v) is 11.5. The lowest BCUT2D eigenvalue weighted by molar-refractivity contribution is 0.122. The highest BCUT2D eigenvalue weighted by molar-refractivity contribution is 9.10.